The quantitative estimate of drug-likeness (QED) is 0.175. The molecule has 0 saturated heterocycles. The third-order valence-corrected chi connectivity index (χ3v) is 8.46. The van der Waals surface area contributed by atoms with Crippen LogP contribution in [0.2, 0.25) is 0 Å². The first-order chi connectivity index (χ1) is 28.7. The van der Waals surface area contributed by atoms with Crippen LogP contribution in [0.4, 0.5) is 17.1 Å². The molecular formula is C46H31N. The minimum Gasteiger partial charge on any atom is -0.311 e. The van der Waals surface area contributed by atoms with Crippen molar-refractivity contribution in [3.05, 3.63) is 188 Å². The van der Waals surface area contributed by atoms with E-state index in [2.05, 4.69) is 0 Å². The molecule has 0 unspecified atom stereocenters. The Morgan fingerprint density at radius 3 is 1.15 bits per heavy atom. The van der Waals surface area contributed by atoms with Gasteiger partial charge in [-0.1, -0.05) is 139 Å². The summed E-state index contributed by atoms with van der Waals surface area (Å²) < 4.78 is 119. The first-order valence-corrected chi connectivity index (χ1v) is 15.1. The first kappa shape index (κ1) is 16.9. The Kier molecular flexibility index (Phi) is 4.08. The van der Waals surface area contributed by atoms with Crippen LogP contribution in [0.3, 0.4) is 0 Å². The fraction of sp³-hybridized carbons (Fsp3) is 0. The number of rotatable bonds is 5. The number of fused-ring (bicyclic) bond motifs is 6. The van der Waals surface area contributed by atoms with Gasteiger partial charge >= 0.3 is 0 Å². The fourth-order valence-corrected chi connectivity index (χ4v) is 6.32. The molecule has 9 aromatic carbocycles. The van der Waals surface area contributed by atoms with Gasteiger partial charge in [-0.2, -0.15) is 0 Å². The van der Waals surface area contributed by atoms with Gasteiger partial charge in [0.25, 0.3) is 0 Å². The highest BCUT2D eigenvalue weighted by Crippen LogP contribution is 2.40. The van der Waals surface area contributed by atoms with Crippen molar-refractivity contribution in [1.82, 2.24) is 0 Å². The second-order valence-electron chi connectivity index (χ2n) is 11.1. The van der Waals surface area contributed by atoms with Crippen molar-refractivity contribution < 1.29 is 17.8 Å². The molecule has 0 heterocycles. The van der Waals surface area contributed by atoms with Gasteiger partial charge in [-0.15, -0.1) is 0 Å². The number of benzene rings is 9. The Labute approximate surface area is 292 Å². The van der Waals surface area contributed by atoms with Gasteiger partial charge < -0.3 is 4.90 Å². The third-order valence-electron chi connectivity index (χ3n) is 8.46. The third kappa shape index (κ3) is 4.72. The molecule has 0 aromatic heterocycles. The van der Waals surface area contributed by atoms with Gasteiger partial charge in [0.15, 0.2) is 0 Å². The Balaban J connectivity index is 1.38. The zero-order valence-electron chi connectivity index (χ0n) is 37.8. The fourth-order valence-electron chi connectivity index (χ4n) is 6.32. The van der Waals surface area contributed by atoms with E-state index in [0.29, 0.717) is 21.9 Å². The predicted octanol–water partition coefficient (Wildman–Crippen LogP) is 13.1. The Morgan fingerprint density at radius 1 is 0.340 bits per heavy atom. The summed E-state index contributed by atoms with van der Waals surface area (Å²) in [5.41, 5.74) is -1.24. The molecule has 0 atom stereocenters. The van der Waals surface area contributed by atoms with Crippen LogP contribution in [-0.4, -0.2) is 0 Å². The molecule has 0 saturated carbocycles. The average Bonchev–Trinajstić information content (AvgIpc) is 3.26. The van der Waals surface area contributed by atoms with Crippen LogP contribution in [0.1, 0.15) is 17.8 Å². The average molecular weight is 611 g/mol. The van der Waals surface area contributed by atoms with E-state index in [1.165, 1.54) is 0 Å². The SMILES string of the molecule is [2H]c1c([2H])c([2H])c(N(c2c([2H])c([2H])c(-c3cc4ccccc4c4ccccc34)c([2H])c2[2H])c2c([2H])c([2H])c(-c3cc4ccccc4c4ccccc34)c([2H])c2[2H])c([2H])c1[2H]. The van der Waals surface area contributed by atoms with Gasteiger partial charge in [0.2, 0.25) is 0 Å². The standard InChI is InChI=1S/C46H31N/c1-2-14-36(15-3-1)47(37-26-22-32(23-27-37)45-30-34-12-4-6-16-39(34)41-18-8-10-20-43(41)45)38-28-24-33(25-29-38)46-31-35-13-5-7-17-40(35)42-19-9-11-21-44(42)46/h1-31H/i1D,2D,3D,14D,15D,22D,23D,24D,25D,26D,27D,28D,29D. The molecule has 0 radical (unpaired) electrons. The molecule has 220 valence electrons. The van der Waals surface area contributed by atoms with E-state index in [9.17, 15) is 11.0 Å². The van der Waals surface area contributed by atoms with E-state index in [4.69, 9.17) is 6.85 Å². The van der Waals surface area contributed by atoms with Crippen molar-refractivity contribution in [2.75, 3.05) is 4.90 Å². The monoisotopic (exact) mass is 610 g/mol. The molecule has 0 spiro atoms. The molecule has 0 aliphatic rings. The molecule has 9 aromatic rings. The number of nitrogens with zero attached hydrogens (tertiary/aromatic N) is 1. The topological polar surface area (TPSA) is 3.24 Å². The molecule has 1 nitrogen and oxygen atoms in total. The lowest BCUT2D eigenvalue weighted by Gasteiger charge is -2.26. The van der Waals surface area contributed by atoms with E-state index in [1.54, 1.807) is 24.3 Å². The lowest BCUT2D eigenvalue weighted by molar-refractivity contribution is 1.28. The van der Waals surface area contributed by atoms with Gasteiger partial charge in [0.05, 0.1) is 17.8 Å². The van der Waals surface area contributed by atoms with Gasteiger partial charge in [-0.25, -0.2) is 0 Å². The zero-order valence-corrected chi connectivity index (χ0v) is 24.8. The Hall–Kier alpha value is -6.18. The number of para-hydroxylation sites is 1. The van der Waals surface area contributed by atoms with Crippen LogP contribution in [-0.2, 0) is 0 Å². The number of hydrogen-bond donors (Lipinski definition) is 0. The van der Waals surface area contributed by atoms with E-state index in [-0.39, 0.29) is 11.1 Å². The smallest absolute Gasteiger partial charge is 0.0645 e. The molecular weight excluding hydrogens is 567 g/mol. The summed E-state index contributed by atoms with van der Waals surface area (Å²) in [6.07, 6.45) is 0. The van der Waals surface area contributed by atoms with Gasteiger partial charge in [-0.3, -0.25) is 0 Å². The molecule has 1 heteroatoms. The summed E-state index contributed by atoms with van der Waals surface area (Å²) in [5, 5.41) is 6.35. The normalized spacial score (nSPS) is 15.3. The summed E-state index contributed by atoms with van der Waals surface area (Å²) >= 11 is 0. The number of hydrogen-bond acceptors (Lipinski definition) is 1. The summed E-state index contributed by atoms with van der Waals surface area (Å²) in [7, 11) is 0. The van der Waals surface area contributed by atoms with Crippen LogP contribution in [0.5, 0.6) is 0 Å². The molecule has 0 amide bonds. The maximum atomic E-state index is 9.50. The van der Waals surface area contributed by atoms with E-state index in [1.807, 2.05) is 84.9 Å². The second kappa shape index (κ2) is 11.3. The second-order valence-corrected chi connectivity index (χ2v) is 11.1. The van der Waals surface area contributed by atoms with Crippen LogP contribution in [0, 0.1) is 0 Å². The van der Waals surface area contributed by atoms with E-state index >= 15 is 0 Å². The summed E-state index contributed by atoms with van der Waals surface area (Å²) in [6, 6.07) is 24.6. The first-order valence-electron chi connectivity index (χ1n) is 21.6. The van der Waals surface area contributed by atoms with Crippen molar-refractivity contribution in [3.63, 3.8) is 0 Å². The Morgan fingerprint density at radius 2 is 0.702 bits per heavy atom. The highest BCUT2D eigenvalue weighted by Gasteiger charge is 2.15. The lowest BCUT2D eigenvalue weighted by atomic mass is 9.93. The zero-order chi connectivity index (χ0) is 42.5. The highest BCUT2D eigenvalue weighted by atomic mass is 15.1. The molecule has 0 aliphatic heterocycles. The van der Waals surface area contributed by atoms with Crippen molar-refractivity contribution in [3.8, 4) is 22.3 Å². The minimum atomic E-state index is -0.816. The largest absolute Gasteiger partial charge is 0.311 e. The molecule has 0 aliphatic carbocycles. The highest BCUT2D eigenvalue weighted by molar-refractivity contribution is 6.15. The van der Waals surface area contributed by atoms with Crippen LogP contribution in [0.15, 0.2) is 188 Å². The van der Waals surface area contributed by atoms with Crippen molar-refractivity contribution in [2.45, 2.75) is 0 Å². The lowest BCUT2D eigenvalue weighted by Crippen LogP contribution is -2.09. The maximum absolute atomic E-state index is 9.50. The molecule has 9 rings (SSSR count). The van der Waals surface area contributed by atoms with Crippen LogP contribution >= 0.6 is 0 Å². The van der Waals surface area contributed by atoms with Gasteiger partial charge in [0.1, 0.15) is 0 Å². The summed E-state index contributed by atoms with van der Waals surface area (Å²) in [5.74, 6) is 0. The van der Waals surface area contributed by atoms with Crippen molar-refractivity contribution >= 4 is 60.2 Å². The summed E-state index contributed by atoms with van der Waals surface area (Å²) in [4.78, 5) is 0.770. The van der Waals surface area contributed by atoms with Crippen molar-refractivity contribution in [2.24, 2.45) is 0 Å². The summed E-state index contributed by atoms with van der Waals surface area (Å²) in [6.45, 7) is 0. The minimum absolute atomic E-state index is 0.0604. The van der Waals surface area contributed by atoms with Gasteiger partial charge in [-0.05, 0) is 114 Å². The molecule has 0 N–H and O–H groups in total. The molecule has 0 fully saturated rings. The van der Waals surface area contributed by atoms with Crippen LogP contribution in [0.25, 0.3) is 65.3 Å². The van der Waals surface area contributed by atoms with E-state index in [0.717, 1.165) is 37.2 Å². The number of anilines is 3. The Bertz CT molecular complexity index is 3050. The predicted molar refractivity (Wildman–Crippen MR) is 202 cm³/mol. The molecule has 0 bridgehead atoms. The molecule has 47 heavy (non-hydrogen) atoms. The maximum Gasteiger partial charge on any atom is 0.0645 e. The van der Waals surface area contributed by atoms with Gasteiger partial charge in [0, 0.05) is 17.1 Å². The van der Waals surface area contributed by atoms with E-state index < -0.39 is 95.6 Å². The van der Waals surface area contributed by atoms with Crippen molar-refractivity contribution in [1.29, 1.82) is 0 Å². The van der Waals surface area contributed by atoms with Crippen LogP contribution < -0.4 is 4.90 Å².